The monoisotopic (exact) mass is 274 g/mol. The topological polar surface area (TPSA) is 31.4 Å². The van der Waals surface area contributed by atoms with Crippen molar-refractivity contribution in [1.82, 2.24) is 9.88 Å². The third-order valence-electron chi connectivity index (χ3n) is 4.50. The Balaban J connectivity index is 1.62. The Morgan fingerprint density at radius 2 is 2.10 bits per heavy atom. The van der Waals surface area contributed by atoms with E-state index in [1.165, 1.54) is 44.5 Å². The Kier molecular flexibility index (Phi) is 4.41. The first kappa shape index (κ1) is 13.7. The van der Waals surface area contributed by atoms with Crippen LogP contribution in [0.5, 0.6) is 0 Å². The highest BCUT2D eigenvalue weighted by atomic mass is 15.2. The number of anilines is 2. The van der Waals surface area contributed by atoms with Gasteiger partial charge in [0.2, 0.25) is 0 Å². The van der Waals surface area contributed by atoms with Crippen LogP contribution in [-0.2, 0) is 0 Å². The minimum atomic E-state index is 0.764. The fourth-order valence-electron chi connectivity index (χ4n) is 3.41. The zero-order valence-corrected chi connectivity index (χ0v) is 12.5. The lowest BCUT2D eigenvalue weighted by atomic mass is 9.98. The van der Waals surface area contributed by atoms with Crippen molar-refractivity contribution < 1.29 is 0 Å². The summed E-state index contributed by atoms with van der Waals surface area (Å²) >= 11 is 0. The van der Waals surface area contributed by atoms with E-state index in [0.717, 1.165) is 31.4 Å². The van der Waals surface area contributed by atoms with Crippen molar-refractivity contribution in [3.05, 3.63) is 18.3 Å². The second-order valence-electron chi connectivity index (χ2n) is 6.22. The summed E-state index contributed by atoms with van der Waals surface area (Å²) in [6.45, 7) is 5.83. The molecule has 0 bridgehead atoms. The van der Waals surface area contributed by atoms with E-state index in [1.54, 1.807) is 0 Å². The predicted molar refractivity (Wildman–Crippen MR) is 84.4 cm³/mol. The highest BCUT2D eigenvalue weighted by Gasteiger charge is 2.19. The molecule has 20 heavy (non-hydrogen) atoms. The van der Waals surface area contributed by atoms with Crippen molar-refractivity contribution >= 4 is 11.5 Å². The largest absolute Gasteiger partial charge is 0.382 e. The van der Waals surface area contributed by atoms with E-state index in [4.69, 9.17) is 0 Å². The summed E-state index contributed by atoms with van der Waals surface area (Å²) in [5.41, 5.74) is 1.21. The van der Waals surface area contributed by atoms with E-state index in [0.29, 0.717) is 0 Å². The first-order valence-electron chi connectivity index (χ1n) is 7.95. The van der Waals surface area contributed by atoms with Crippen molar-refractivity contribution in [3.8, 4) is 0 Å². The molecule has 110 valence electrons. The number of hydrogen-bond acceptors (Lipinski definition) is 4. The molecule has 0 amide bonds. The van der Waals surface area contributed by atoms with Gasteiger partial charge in [-0.3, -0.25) is 0 Å². The predicted octanol–water partition coefficient (Wildman–Crippen LogP) is 2.44. The summed E-state index contributed by atoms with van der Waals surface area (Å²) in [4.78, 5) is 9.45. The molecule has 2 fully saturated rings. The second kappa shape index (κ2) is 6.44. The molecule has 3 rings (SSSR count). The molecule has 4 nitrogen and oxygen atoms in total. The zero-order valence-electron chi connectivity index (χ0n) is 12.5. The van der Waals surface area contributed by atoms with E-state index in [1.807, 2.05) is 12.3 Å². The van der Waals surface area contributed by atoms with Gasteiger partial charge in [0, 0.05) is 32.4 Å². The SMILES string of the molecule is CN1CCCC(CNc2cccnc2N2CCCC2)C1. The second-order valence-corrected chi connectivity index (χ2v) is 6.22. The van der Waals surface area contributed by atoms with Gasteiger partial charge in [0.15, 0.2) is 5.82 Å². The summed E-state index contributed by atoms with van der Waals surface area (Å²) in [6.07, 6.45) is 7.17. The normalized spacial score (nSPS) is 24.1. The molecule has 0 saturated carbocycles. The van der Waals surface area contributed by atoms with Crippen LogP contribution in [0.15, 0.2) is 18.3 Å². The van der Waals surface area contributed by atoms with E-state index in [9.17, 15) is 0 Å². The lowest BCUT2D eigenvalue weighted by Crippen LogP contribution is -2.35. The number of nitrogens with one attached hydrogen (secondary N) is 1. The van der Waals surface area contributed by atoms with Crippen LogP contribution >= 0.6 is 0 Å². The highest BCUT2D eigenvalue weighted by molar-refractivity contribution is 5.65. The molecule has 1 unspecified atom stereocenters. The first-order valence-corrected chi connectivity index (χ1v) is 7.95. The molecular formula is C16H26N4. The molecule has 4 heteroatoms. The van der Waals surface area contributed by atoms with Gasteiger partial charge in [0.25, 0.3) is 0 Å². The number of nitrogens with zero attached hydrogens (tertiary/aromatic N) is 3. The van der Waals surface area contributed by atoms with E-state index < -0.39 is 0 Å². The van der Waals surface area contributed by atoms with Gasteiger partial charge in [-0.05, 0) is 57.3 Å². The molecular weight excluding hydrogens is 248 g/mol. The maximum atomic E-state index is 4.59. The summed E-state index contributed by atoms with van der Waals surface area (Å²) in [5.74, 6) is 1.91. The molecule has 1 atom stereocenters. The van der Waals surface area contributed by atoms with Gasteiger partial charge in [0.05, 0.1) is 5.69 Å². The number of aromatic nitrogens is 1. The Hall–Kier alpha value is -1.29. The minimum absolute atomic E-state index is 0.764. The fraction of sp³-hybridized carbons (Fsp3) is 0.688. The minimum Gasteiger partial charge on any atom is -0.382 e. The molecule has 0 spiro atoms. The van der Waals surface area contributed by atoms with E-state index >= 15 is 0 Å². The van der Waals surface area contributed by atoms with Gasteiger partial charge in [0.1, 0.15) is 0 Å². The number of likely N-dealkylation sites (tertiary alicyclic amines) is 1. The average Bonchev–Trinajstić information content (AvgIpc) is 3.00. The Labute approximate surface area is 122 Å². The third-order valence-corrected chi connectivity index (χ3v) is 4.50. The summed E-state index contributed by atoms with van der Waals surface area (Å²) < 4.78 is 0. The van der Waals surface area contributed by atoms with Crippen LogP contribution in [0.3, 0.4) is 0 Å². The number of hydrogen-bond donors (Lipinski definition) is 1. The molecule has 1 aromatic rings. The van der Waals surface area contributed by atoms with Gasteiger partial charge < -0.3 is 15.1 Å². The van der Waals surface area contributed by atoms with Crippen LogP contribution in [0.25, 0.3) is 0 Å². The van der Waals surface area contributed by atoms with Gasteiger partial charge in [-0.2, -0.15) is 0 Å². The van der Waals surface area contributed by atoms with Gasteiger partial charge in [-0.25, -0.2) is 4.98 Å². The van der Waals surface area contributed by atoms with Crippen LogP contribution in [-0.4, -0.2) is 49.7 Å². The maximum absolute atomic E-state index is 4.59. The van der Waals surface area contributed by atoms with Gasteiger partial charge in [-0.15, -0.1) is 0 Å². The molecule has 1 aromatic heterocycles. The van der Waals surface area contributed by atoms with E-state index in [2.05, 4.69) is 33.2 Å². The van der Waals surface area contributed by atoms with Crippen LogP contribution in [0.1, 0.15) is 25.7 Å². The third kappa shape index (κ3) is 3.23. The molecule has 0 aromatic carbocycles. The zero-order chi connectivity index (χ0) is 13.8. The molecule has 0 radical (unpaired) electrons. The summed E-state index contributed by atoms with van der Waals surface area (Å²) in [6, 6.07) is 4.21. The first-order chi connectivity index (χ1) is 9.83. The Bertz CT molecular complexity index is 428. The molecule has 2 aliphatic rings. The molecule has 0 aliphatic carbocycles. The fourth-order valence-corrected chi connectivity index (χ4v) is 3.41. The van der Waals surface area contributed by atoms with Crippen molar-refractivity contribution in [3.63, 3.8) is 0 Å². The Morgan fingerprint density at radius 3 is 2.90 bits per heavy atom. The molecule has 2 aliphatic heterocycles. The van der Waals surface area contributed by atoms with E-state index in [-0.39, 0.29) is 0 Å². The lowest BCUT2D eigenvalue weighted by Gasteiger charge is -2.30. The van der Waals surface area contributed by atoms with Crippen molar-refractivity contribution in [2.24, 2.45) is 5.92 Å². The quantitative estimate of drug-likeness (QED) is 0.914. The molecule has 1 N–H and O–H groups in total. The van der Waals surface area contributed by atoms with Crippen LogP contribution < -0.4 is 10.2 Å². The maximum Gasteiger partial charge on any atom is 0.151 e. The van der Waals surface area contributed by atoms with Crippen LogP contribution in [0.4, 0.5) is 11.5 Å². The molecule has 2 saturated heterocycles. The van der Waals surface area contributed by atoms with Gasteiger partial charge in [-0.1, -0.05) is 0 Å². The smallest absolute Gasteiger partial charge is 0.151 e. The van der Waals surface area contributed by atoms with Gasteiger partial charge >= 0.3 is 0 Å². The summed E-state index contributed by atoms with van der Waals surface area (Å²) in [7, 11) is 2.23. The number of piperidine rings is 1. The highest BCUT2D eigenvalue weighted by Crippen LogP contribution is 2.26. The standard InChI is InChI=1S/C16H26N4/c1-19-9-5-6-14(13-19)12-18-15-7-4-8-17-16(15)20-10-2-3-11-20/h4,7-8,14,18H,2-3,5-6,9-13H2,1H3. The summed E-state index contributed by atoms with van der Waals surface area (Å²) in [5, 5.41) is 3.65. The van der Waals surface area contributed by atoms with Crippen molar-refractivity contribution in [2.75, 3.05) is 50.0 Å². The van der Waals surface area contributed by atoms with Crippen molar-refractivity contribution in [2.45, 2.75) is 25.7 Å². The lowest BCUT2D eigenvalue weighted by molar-refractivity contribution is 0.217. The number of pyridine rings is 1. The van der Waals surface area contributed by atoms with Crippen LogP contribution in [0, 0.1) is 5.92 Å². The number of rotatable bonds is 4. The molecule has 3 heterocycles. The van der Waals surface area contributed by atoms with Crippen molar-refractivity contribution in [1.29, 1.82) is 0 Å². The Morgan fingerprint density at radius 1 is 1.25 bits per heavy atom. The van der Waals surface area contributed by atoms with Crippen LogP contribution in [0.2, 0.25) is 0 Å². The average molecular weight is 274 g/mol.